The summed E-state index contributed by atoms with van der Waals surface area (Å²) in [5.41, 5.74) is -0.804. The van der Waals surface area contributed by atoms with Gasteiger partial charge in [-0.1, -0.05) is 30.3 Å². The van der Waals surface area contributed by atoms with E-state index in [0.717, 1.165) is 11.8 Å². The van der Waals surface area contributed by atoms with Crippen LogP contribution in [0.1, 0.15) is 26.3 Å². The Balaban J connectivity index is 1.76. The first-order chi connectivity index (χ1) is 12.0. The van der Waals surface area contributed by atoms with Crippen molar-refractivity contribution in [3.05, 3.63) is 35.9 Å². The third kappa shape index (κ3) is 4.27. The highest BCUT2D eigenvalue weighted by molar-refractivity contribution is 7.85. The van der Waals surface area contributed by atoms with Crippen molar-refractivity contribution in [1.82, 2.24) is 0 Å². The Labute approximate surface area is 154 Å². The van der Waals surface area contributed by atoms with E-state index >= 15 is 0 Å². The number of epoxide rings is 1. The van der Waals surface area contributed by atoms with E-state index in [4.69, 9.17) is 18.4 Å². The summed E-state index contributed by atoms with van der Waals surface area (Å²) in [7, 11) is -3.63. The van der Waals surface area contributed by atoms with Crippen LogP contribution in [0.5, 0.6) is 0 Å². The summed E-state index contributed by atoms with van der Waals surface area (Å²) in [6.07, 6.45) is -1.43. The third-order valence-electron chi connectivity index (χ3n) is 4.86. The van der Waals surface area contributed by atoms with Crippen LogP contribution in [-0.2, 0) is 35.1 Å². The highest BCUT2D eigenvalue weighted by Crippen LogP contribution is 2.47. The SMILES string of the molecule is CC1(C)OC1C1O[C@@H](COS(C)(=O)=O)[C@H](OCc2ccccc2)[C@@]1(C)O. The number of hydrogen-bond acceptors (Lipinski definition) is 7. The standard InChI is InChI=1S/C18H26O7S/c1-17(2)15(25-17)16-18(3,19)14(13(24-16)11-23-26(4,20)21)22-10-12-8-6-5-7-9-12/h5-9,13-16,19H,10-11H2,1-4H3/t13-,14-,15?,16?,18+/m0/s1. The quantitative estimate of drug-likeness (QED) is 0.556. The van der Waals surface area contributed by atoms with Gasteiger partial charge < -0.3 is 19.3 Å². The molecule has 2 heterocycles. The van der Waals surface area contributed by atoms with Gasteiger partial charge in [0.25, 0.3) is 10.1 Å². The second-order valence-corrected chi connectivity index (χ2v) is 9.31. The van der Waals surface area contributed by atoms with Gasteiger partial charge in [0.2, 0.25) is 0 Å². The molecule has 0 aromatic heterocycles. The molecule has 8 heteroatoms. The lowest BCUT2D eigenvalue weighted by atomic mass is 9.88. The number of aliphatic hydroxyl groups is 1. The minimum absolute atomic E-state index is 0.224. The Bertz CT molecular complexity index is 729. The Morgan fingerprint density at radius 3 is 2.31 bits per heavy atom. The molecule has 2 aliphatic heterocycles. The van der Waals surface area contributed by atoms with Crippen molar-refractivity contribution in [2.45, 2.75) is 63.0 Å². The Kier molecular flexibility index (Phi) is 5.20. The molecule has 7 nitrogen and oxygen atoms in total. The van der Waals surface area contributed by atoms with Crippen molar-refractivity contribution >= 4 is 10.1 Å². The maximum atomic E-state index is 11.4. The fourth-order valence-corrected chi connectivity index (χ4v) is 3.77. The van der Waals surface area contributed by atoms with Gasteiger partial charge in [-0.3, -0.25) is 4.18 Å². The van der Waals surface area contributed by atoms with Gasteiger partial charge in [0.15, 0.2) is 0 Å². The lowest BCUT2D eigenvalue weighted by molar-refractivity contribution is -0.102. The molecule has 2 aliphatic rings. The van der Waals surface area contributed by atoms with Gasteiger partial charge >= 0.3 is 0 Å². The van der Waals surface area contributed by atoms with E-state index in [1.54, 1.807) is 6.92 Å². The monoisotopic (exact) mass is 386 g/mol. The van der Waals surface area contributed by atoms with E-state index in [0.29, 0.717) is 0 Å². The van der Waals surface area contributed by atoms with Gasteiger partial charge in [-0.05, 0) is 26.3 Å². The first kappa shape index (κ1) is 19.7. The predicted molar refractivity (Wildman–Crippen MR) is 94.1 cm³/mol. The zero-order valence-electron chi connectivity index (χ0n) is 15.4. The second kappa shape index (κ2) is 6.85. The normalized spacial score (nSPS) is 36.2. The molecule has 2 saturated heterocycles. The van der Waals surface area contributed by atoms with Crippen molar-refractivity contribution in [3.8, 4) is 0 Å². The Hall–Kier alpha value is -1.03. The van der Waals surface area contributed by atoms with Crippen LogP contribution in [0.15, 0.2) is 30.3 Å². The van der Waals surface area contributed by atoms with Crippen LogP contribution in [0.25, 0.3) is 0 Å². The molecule has 2 unspecified atom stereocenters. The molecule has 0 bridgehead atoms. The van der Waals surface area contributed by atoms with Crippen molar-refractivity contribution in [1.29, 1.82) is 0 Å². The van der Waals surface area contributed by atoms with E-state index in [1.807, 2.05) is 44.2 Å². The van der Waals surface area contributed by atoms with Gasteiger partial charge in [0.05, 0.1) is 25.1 Å². The minimum atomic E-state index is -3.63. The summed E-state index contributed by atoms with van der Waals surface area (Å²) in [5.74, 6) is 0. The summed E-state index contributed by atoms with van der Waals surface area (Å²) in [6.45, 7) is 5.50. The van der Waals surface area contributed by atoms with Crippen molar-refractivity contribution in [3.63, 3.8) is 0 Å². The summed E-state index contributed by atoms with van der Waals surface area (Å²) in [5, 5.41) is 11.1. The van der Waals surface area contributed by atoms with Crippen molar-refractivity contribution < 1.29 is 31.9 Å². The van der Waals surface area contributed by atoms with Crippen LogP contribution < -0.4 is 0 Å². The van der Waals surface area contributed by atoms with Gasteiger partial charge in [-0.2, -0.15) is 8.42 Å². The van der Waals surface area contributed by atoms with Crippen molar-refractivity contribution in [2.75, 3.05) is 12.9 Å². The predicted octanol–water partition coefficient (Wildman–Crippen LogP) is 1.24. The highest BCUT2D eigenvalue weighted by atomic mass is 32.2. The zero-order chi connectivity index (χ0) is 19.2. The molecule has 2 fully saturated rings. The molecule has 26 heavy (non-hydrogen) atoms. The number of rotatable bonds is 7. The molecular weight excluding hydrogens is 360 g/mol. The van der Waals surface area contributed by atoms with Crippen LogP contribution in [0.3, 0.4) is 0 Å². The Morgan fingerprint density at radius 1 is 1.15 bits per heavy atom. The summed E-state index contributed by atoms with van der Waals surface area (Å²) >= 11 is 0. The fourth-order valence-electron chi connectivity index (χ4n) is 3.39. The summed E-state index contributed by atoms with van der Waals surface area (Å²) < 4.78 is 45.2. The van der Waals surface area contributed by atoms with E-state index in [1.165, 1.54) is 0 Å². The van der Waals surface area contributed by atoms with Gasteiger partial charge in [-0.15, -0.1) is 0 Å². The number of ether oxygens (including phenoxy) is 3. The van der Waals surface area contributed by atoms with Crippen LogP contribution in [-0.4, -0.2) is 62.0 Å². The summed E-state index contributed by atoms with van der Waals surface area (Å²) in [6, 6.07) is 9.53. The molecule has 5 atom stereocenters. The molecule has 1 aromatic carbocycles. The molecule has 0 radical (unpaired) electrons. The molecule has 146 valence electrons. The molecule has 1 aromatic rings. The molecule has 0 amide bonds. The average molecular weight is 386 g/mol. The lowest BCUT2D eigenvalue weighted by Crippen LogP contribution is -2.50. The van der Waals surface area contributed by atoms with Crippen LogP contribution >= 0.6 is 0 Å². The topological polar surface area (TPSA) is 94.6 Å². The van der Waals surface area contributed by atoms with E-state index in [-0.39, 0.29) is 19.3 Å². The second-order valence-electron chi connectivity index (χ2n) is 7.67. The molecule has 0 saturated carbocycles. The number of benzene rings is 1. The average Bonchev–Trinajstić information content (AvgIpc) is 3.07. The molecule has 3 rings (SSSR count). The van der Waals surface area contributed by atoms with E-state index in [2.05, 4.69) is 0 Å². The highest BCUT2D eigenvalue weighted by Gasteiger charge is 2.65. The maximum Gasteiger partial charge on any atom is 0.264 e. The molecule has 1 N–H and O–H groups in total. The minimum Gasteiger partial charge on any atom is -0.385 e. The number of hydrogen-bond donors (Lipinski definition) is 1. The van der Waals surface area contributed by atoms with Crippen LogP contribution in [0.2, 0.25) is 0 Å². The largest absolute Gasteiger partial charge is 0.385 e. The van der Waals surface area contributed by atoms with E-state index < -0.39 is 39.6 Å². The molecule has 0 spiro atoms. The maximum absolute atomic E-state index is 11.4. The smallest absolute Gasteiger partial charge is 0.264 e. The van der Waals surface area contributed by atoms with Crippen molar-refractivity contribution in [2.24, 2.45) is 0 Å². The van der Waals surface area contributed by atoms with Gasteiger partial charge in [0.1, 0.15) is 30.0 Å². The zero-order valence-corrected chi connectivity index (χ0v) is 16.2. The van der Waals surface area contributed by atoms with Gasteiger partial charge in [0, 0.05) is 0 Å². The fraction of sp³-hybridized carbons (Fsp3) is 0.667. The first-order valence-corrected chi connectivity index (χ1v) is 10.4. The first-order valence-electron chi connectivity index (χ1n) is 8.56. The van der Waals surface area contributed by atoms with Crippen LogP contribution in [0, 0.1) is 0 Å². The summed E-state index contributed by atoms with van der Waals surface area (Å²) in [4.78, 5) is 0. The molecular formula is C18H26O7S. The molecule has 0 aliphatic carbocycles. The van der Waals surface area contributed by atoms with E-state index in [9.17, 15) is 13.5 Å². The third-order valence-corrected chi connectivity index (χ3v) is 5.43. The Morgan fingerprint density at radius 2 is 1.77 bits per heavy atom. The van der Waals surface area contributed by atoms with Gasteiger partial charge in [-0.25, -0.2) is 0 Å². The lowest BCUT2D eigenvalue weighted by Gasteiger charge is -2.29. The van der Waals surface area contributed by atoms with Crippen LogP contribution in [0.4, 0.5) is 0 Å².